The molecule has 0 heterocycles. The Morgan fingerprint density at radius 2 is 1.95 bits per heavy atom. The Kier molecular flexibility index (Phi) is 3.87. The van der Waals surface area contributed by atoms with Crippen LogP contribution in [0.3, 0.4) is 0 Å². The van der Waals surface area contributed by atoms with Crippen LogP contribution in [0.4, 0.5) is 0 Å². The van der Waals surface area contributed by atoms with Crippen LogP contribution in [0.25, 0.3) is 0 Å². The van der Waals surface area contributed by atoms with Gasteiger partial charge >= 0.3 is 5.97 Å². The lowest BCUT2D eigenvalue weighted by Gasteiger charge is -2.38. The molecule has 0 radical (unpaired) electrons. The Morgan fingerprint density at radius 3 is 2.40 bits per heavy atom. The highest BCUT2D eigenvalue weighted by atomic mass is 32.2. The number of esters is 1. The maximum Gasteiger partial charge on any atom is 0.328 e. The average molecular weight is 292 g/mol. The lowest BCUT2D eigenvalue weighted by atomic mass is 9.84. The number of ether oxygens (including phenoxy) is 1. The SMILES string of the molecule is C#CCOC(=O)C1(S(=O)(=O)c2ccc(C)cc2)CCC1. The summed E-state index contributed by atoms with van der Waals surface area (Å²) in [4.78, 5) is 12.2. The van der Waals surface area contributed by atoms with E-state index in [-0.39, 0.29) is 24.3 Å². The second-order valence-electron chi connectivity index (χ2n) is 4.94. The minimum Gasteiger partial charge on any atom is -0.451 e. The molecule has 1 aliphatic rings. The second-order valence-corrected chi connectivity index (χ2v) is 7.20. The van der Waals surface area contributed by atoms with Gasteiger partial charge in [0.25, 0.3) is 0 Å². The van der Waals surface area contributed by atoms with E-state index in [4.69, 9.17) is 11.2 Å². The van der Waals surface area contributed by atoms with Gasteiger partial charge in [-0.25, -0.2) is 8.42 Å². The number of carbonyl (C=O) groups excluding carboxylic acids is 1. The maximum atomic E-state index is 12.7. The van der Waals surface area contributed by atoms with Gasteiger partial charge in [-0.2, -0.15) is 0 Å². The van der Waals surface area contributed by atoms with Crippen molar-refractivity contribution in [2.75, 3.05) is 6.61 Å². The molecule has 0 aromatic heterocycles. The van der Waals surface area contributed by atoms with Crippen LogP contribution in [0.1, 0.15) is 24.8 Å². The lowest BCUT2D eigenvalue weighted by Crippen LogP contribution is -2.53. The highest BCUT2D eigenvalue weighted by molar-refractivity contribution is 7.93. The number of terminal acetylenes is 1. The summed E-state index contributed by atoms with van der Waals surface area (Å²) in [7, 11) is -3.75. The zero-order valence-corrected chi connectivity index (χ0v) is 12.1. The Morgan fingerprint density at radius 1 is 1.35 bits per heavy atom. The number of carbonyl (C=O) groups is 1. The Balaban J connectivity index is 2.38. The van der Waals surface area contributed by atoms with E-state index in [1.165, 1.54) is 12.1 Å². The predicted molar refractivity (Wildman–Crippen MR) is 74.7 cm³/mol. The van der Waals surface area contributed by atoms with E-state index in [0.29, 0.717) is 6.42 Å². The quantitative estimate of drug-likeness (QED) is 0.628. The zero-order valence-electron chi connectivity index (χ0n) is 11.3. The van der Waals surface area contributed by atoms with E-state index in [2.05, 4.69) is 5.92 Å². The molecule has 20 heavy (non-hydrogen) atoms. The molecule has 0 N–H and O–H groups in total. The van der Waals surface area contributed by atoms with Crippen molar-refractivity contribution in [1.82, 2.24) is 0 Å². The second kappa shape index (κ2) is 5.29. The number of hydrogen-bond acceptors (Lipinski definition) is 4. The van der Waals surface area contributed by atoms with Gasteiger partial charge in [-0.3, -0.25) is 4.79 Å². The molecule has 0 spiro atoms. The maximum absolute atomic E-state index is 12.7. The van der Waals surface area contributed by atoms with Gasteiger partial charge in [0.2, 0.25) is 0 Å². The normalized spacial score (nSPS) is 16.8. The van der Waals surface area contributed by atoms with E-state index in [1.807, 2.05) is 6.92 Å². The smallest absolute Gasteiger partial charge is 0.328 e. The van der Waals surface area contributed by atoms with Gasteiger partial charge < -0.3 is 4.74 Å². The molecular weight excluding hydrogens is 276 g/mol. The van der Waals surface area contributed by atoms with Crippen LogP contribution in [0.2, 0.25) is 0 Å². The Labute approximate surface area is 119 Å². The molecule has 1 saturated carbocycles. The van der Waals surface area contributed by atoms with E-state index in [1.54, 1.807) is 12.1 Å². The first-order chi connectivity index (χ1) is 9.44. The van der Waals surface area contributed by atoms with Crippen molar-refractivity contribution in [3.8, 4) is 12.3 Å². The molecule has 2 rings (SSSR count). The fourth-order valence-electron chi connectivity index (χ4n) is 2.26. The summed E-state index contributed by atoms with van der Waals surface area (Å²) in [5.74, 6) is 1.45. The van der Waals surface area contributed by atoms with Gasteiger partial charge in [0.1, 0.15) is 0 Å². The van der Waals surface area contributed by atoms with E-state index >= 15 is 0 Å². The highest BCUT2D eigenvalue weighted by Crippen LogP contribution is 2.43. The molecule has 0 unspecified atom stereocenters. The summed E-state index contributed by atoms with van der Waals surface area (Å²) >= 11 is 0. The molecule has 0 bridgehead atoms. The molecule has 5 heteroatoms. The number of benzene rings is 1. The molecular formula is C15H16O4S. The molecule has 1 aromatic carbocycles. The van der Waals surface area contributed by atoms with Crippen molar-refractivity contribution in [2.45, 2.75) is 35.8 Å². The van der Waals surface area contributed by atoms with Crippen molar-refractivity contribution < 1.29 is 17.9 Å². The monoisotopic (exact) mass is 292 g/mol. The standard InChI is InChI=1S/C15H16O4S/c1-3-11-19-14(16)15(9-4-10-15)20(17,18)13-7-5-12(2)6-8-13/h1,5-8H,4,9-11H2,2H3. The molecule has 0 saturated heterocycles. The third kappa shape index (κ3) is 2.20. The third-order valence-corrected chi connectivity index (χ3v) is 6.16. The molecule has 4 nitrogen and oxygen atoms in total. The molecule has 1 aliphatic carbocycles. The van der Waals surface area contributed by atoms with Crippen molar-refractivity contribution in [3.05, 3.63) is 29.8 Å². The summed E-state index contributed by atoms with van der Waals surface area (Å²) in [6.45, 7) is 1.67. The van der Waals surface area contributed by atoms with Crippen LogP contribution in [-0.2, 0) is 19.4 Å². The summed E-state index contributed by atoms with van der Waals surface area (Å²) in [5.41, 5.74) is 0.960. The third-order valence-electron chi connectivity index (χ3n) is 3.67. The van der Waals surface area contributed by atoms with Crippen LogP contribution in [0, 0.1) is 19.3 Å². The van der Waals surface area contributed by atoms with Gasteiger partial charge in [-0.1, -0.05) is 23.6 Å². The first-order valence-electron chi connectivity index (χ1n) is 6.36. The number of hydrogen-bond donors (Lipinski definition) is 0. The topological polar surface area (TPSA) is 60.4 Å². The van der Waals surface area contributed by atoms with Gasteiger partial charge in [0, 0.05) is 0 Å². The Bertz CT molecular complexity index is 646. The molecule has 1 aromatic rings. The van der Waals surface area contributed by atoms with Crippen LogP contribution < -0.4 is 0 Å². The minimum absolute atomic E-state index is 0.153. The summed E-state index contributed by atoms with van der Waals surface area (Å²) in [6, 6.07) is 6.48. The highest BCUT2D eigenvalue weighted by Gasteiger charge is 2.56. The average Bonchev–Trinajstić information content (AvgIpc) is 2.35. The number of sulfone groups is 1. The Hall–Kier alpha value is -1.80. The largest absolute Gasteiger partial charge is 0.451 e. The minimum atomic E-state index is -3.75. The molecule has 0 amide bonds. The van der Waals surface area contributed by atoms with Gasteiger partial charge in [-0.05, 0) is 38.3 Å². The van der Waals surface area contributed by atoms with Crippen molar-refractivity contribution in [3.63, 3.8) is 0 Å². The van der Waals surface area contributed by atoms with E-state index in [0.717, 1.165) is 5.56 Å². The molecule has 0 atom stereocenters. The molecule has 106 valence electrons. The molecule has 0 aliphatic heterocycles. The van der Waals surface area contributed by atoms with Crippen LogP contribution in [-0.4, -0.2) is 25.7 Å². The zero-order chi connectivity index (χ0) is 14.8. The van der Waals surface area contributed by atoms with Gasteiger partial charge in [0.05, 0.1) is 4.90 Å². The van der Waals surface area contributed by atoms with Crippen LogP contribution in [0.15, 0.2) is 29.2 Å². The van der Waals surface area contributed by atoms with E-state index < -0.39 is 20.6 Å². The first-order valence-corrected chi connectivity index (χ1v) is 7.84. The summed E-state index contributed by atoms with van der Waals surface area (Å²) < 4.78 is 28.8. The van der Waals surface area contributed by atoms with Gasteiger partial charge in [0.15, 0.2) is 21.2 Å². The summed E-state index contributed by atoms with van der Waals surface area (Å²) in [5, 5.41) is 0. The van der Waals surface area contributed by atoms with Crippen molar-refractivity contribution in [1.29, 1.82) is 0 Å². The van der Waals surface area contributed by atoms with Crippen LogP contribution in [0.5, 0.6) is 0 Å². The lowest BCUT2D eigenvalue weighted by molar-refractivity contribution is -0.147. The fraction of sp³-hybridized carbons (Fsp3) is 0.400. The van der Waals surface area contributed by atoms with Crippen LogP contribution >= 0.6 is 0 Å². The number of aryl methyl sites for hydroxylation is 1. The van der Waals surface area contributed by atoms with Crippen molar-refractivity contribution >= 4 is 15.8 Å². The summed E-state index contributed by atoms with van der Waals surface area (Å²) in [6.07, 6.45) is 6.30. The molecule has 1 fully saturated rings. The predicted octanol–water partition coefficient (Wildman–Crippen LogP) is 1.87. The number of rotatable bonds is 4. The first kappa shape index (κ1) is 14.6. The van der Waals surface area contributed by atoms with Crippen molar-refractivity contribution in [2.24, 2.45) is 0 Å². The van der Waals surface area contributed by atoms with Gasteiger partial charge in [-0.15, -0.1) is 6.42 Å². The fourth-order valence-corrected chi connectivity index (χ4v) is 4.31. The van der Waals surface area contributed by atoms with E-state index in [9.17, 15) is 13.2 Å².